The SMILES string of the molecule is N=C(c1ncc(N2CCC(N)(C(N)=O)CC2)nc1N)N1CCCc2ncccc21. The number of amidine groups is 1. The molecule has 0 spiro atoms. The fourth-order valence-electron chi connectivity index (χ4n) is 3.86. The van der Waals surface area contributed by atoms with Crippen molar-refractivity contribution in [3.63, 3.8) is 0 Å². The van der Waals surface area contributed by atoms with Gasteiger partial charge in [-0.2, -0.15) is 0 Å². The lowest BCUT2D eigenvalue weighted by molar-refractivity contribution is -0.123. The van der Waals surface area contributed by atoms with Crippen LogP contribution in [-0.4, -0.2) is 51.9 Å². The van der Waals surface area contributed by atoms with Crippen molar-refractivity contribution < 1.29 is 4.79 Å². The monoisotopic (exact) mass is 395 g/mol. The molecule has 1 amide bonds. The minimum atomic E-state index is -0.979. The Labute approximate surface area is 168 Å². The molecule has 2 aromatic heterocycles. The molecule has 2 aliphatic rings. The van der Waals surface area contributed by atoms with Crippen molar-refractivity contribution in [1.82, 2.24) is 15.0 Å². The van der Waals surface area contributed by atoms with Gasteiger partial charge in [-0.05, 0) is 37.8 Å². The third-order valence-corrected chi connectivity index (χ3v) is 5.70. The number of hydrogen-bond donors (Lipinski definition) is 4. The number of anilines is 3. The first-order valence-corrected chi connectivity index (χ1v) is 9.66. The molecule has 4 rings (SSSR count). The summed E-state index contributed by atoms with van der Waals surface area (Å²) in [7, 11) is 0. The lowest BCUT2D eigenvalue weighted by atomic mass is 9.88. The number of pyridine rings is 1. The van der Waals surface area contributed by atoms with Gasteiger partial charge in [0.15, 0.2) is 11.7 Å². The number of carbonyl (C=O) groups is 1. The zero-order valence-corrected chi connectivity index (χ0v) is 16.1. The van der Waals surface area contributed by atoms with Crippen LogP contribution >= 0.6 is 0 Å². The molecule has 1 fully saturated rings. The number of nitrogen functional groups attached to an aromatic ring is 1. The first-order chi connectivity index (χ1) is 13.9. The Morgan fingerprint density at radius 2 is 1.97 bits per heavy atom. The van der Waals surface area contributed by atoms with Crippen molar-refractivity contribution in [2.45, 2.75) is 31.2 Å². The Bertz CT molecular complexity index is 952. The van der Waals surface area contributed by atoms with E-state index in [1.165, 1.54) is 0 Å². The molecule has 10 nitrogen and oxygen atoms in total. The number of amides is 1. The second-order valence-electron chi connectivity index (χ2n) is 7.54. The van der Waals surface area contributed by atoms with Crippen LogP contribution in [0.15, 0.2) is 24.5 Å². The lowest BCUT2D eigenvalue weighted by Gasteiger charge is -2.37. The van der Waals surface area contributed by atoms with Crippen molar-refractivity contribution in [1.29, 1.82) is 5.41 Å². The van der Waals surface area contributed by atoms with Gasteiger partial charge >= 0.3 is 0 Å². The smallest absolute Gasteiger partial charge is 0.237 e. The van der Waals surface area contributed by atoms with E-state index in [9.17, 15) is 4.79 Å². The number of aromatic nitrogens is 3. The molecule has 0 unspecified atom stereocenters. The van der Waals surface area contributed by atoms with Crippen LogP contribution in [0.4, 0.5) is 17.3 Å². The molecule has 4 heterocycles. The number of nitrogens with two attached hydrogens (primary N) is 3. The molecular weight excluding hydrogens is 370 g/mol. The number of carbonyl (C=O) groups excluding carboxylic acids is 1. The molecular formula is C19H25N9O. The molecule has 1 saturated heterocycles. The van der Waals surface area contributed by atoms with E-state index in [1.807, 2.05) is 21.9 Å². The number of aryl methyl sites for hydroxylation is 1. The van der Waals surface area contributed by atoms with Gasteiger partial charge in [0.05, 0.1) is 23.1 Å². The average Bonchev–Trinajstić information content (AvgIpc) is 2.73. The second-order valence-corrected chi connectivity index (χ2v) is 7.54. The van der Waals surface area contributed by atoms with E-state index in [4.69, 9.17) is 22.6 Å². The third-order valence-electron chi connectivity index (χ3n) is 5.70. The van der Waals surface area contributed by atoms with Crippen LogP contribution in [-0.2, 0) is 11.2 Å². The van der Waals surface area contributed by atoms with Gasteiger partial charge in [0.25, 0.3) is 0 Å². The first-order valence-electron chi connectivity index (χ1n) is 9.66. The molecule has 7 N–H and O–H groups in total. The van der Waals surface area contributed by atoms with Crippen LogP contribution in [0.2, 0.25) is 0 Å². The Kier molecular flexibility index (Phi) is 4.79. The summed E-state index contributed by atoms with van der Waals surface area (Å²) < 4.78 is 0. The van der Waals surface area contributed by atoms with Gasteiger partial charge in [-0.1, -0.05) is 0 Å². The normalized spacial score (nSPS) is 18.2. The van der Waals surface area contributed by atoms with Crippen LogP contribution in [0, 0.1) is 5.41 Å². The van der Waals surface area contributed by atoms with E-state index in [0.717, 1.165) is 24.2 Å². The molecule has 2 aliphatic heterocycles. The standard InChI is InChI=1S/C19H25N9O/c20-16-15(17(21)28-8-2-3-12-13(28)4-1-7-24-12)25-11-14(26-16)27-9-5-19(23,6-10-27)18(22)29/h1,4,7,11,21H,2-3,5-6,8-10,23H2,(H2,20,26)(H2,22,29). The molecule has 0 radical (unpaired) electrons. The van der Waals surface area contributed by atoms with Gasteiger partial charge in [-0.15, -0.1) is 0 Å². The summed E-state index contributed by atoms with van der Waals surface area (Å²) in [6.07, 6.45) is 6.07. The van der Waals surface area contributed by atoms with Crippen LogP contribution in [0.1, 0.15) is 30.7 Å². The summed E-state index contributed by atoms with van der Waals surface area (Å²) in [6.45, 7) is 1.78. The van der Waals surface area contributed by atoms with Gasteiger partial charge in [-0.25, -0.2) is 9.97 Å². The van der Waals surface area contributed by atoms with Gasteiger partial charge in [-0.3, -0.25) is 15.2 Å². The number of hydrogen-bond acceptors (Lipinski definition) is 8. The Morgan fingerprint density at radius 3 is 2.66 bits per heavy atom. The zero-order valence-electron chi connectivity index (χ0n) is 16.1. The number of nitrogens with zero attached hydrogens (tertiary/aromatic N) is 5. The van der Waals surface area contributed by atoms with Gasteiger partial charge in [0, 0.05) is 25.8 Å². The largest absolute Gasteiger partial charge is 0.382 e. The summed E-state index contributed by atoms with van der Waals surface area (Å²) >= 11 is 0. The van der Waals surface area contributed by atoms with Crippen molar-refractivity contribution in [2.75, 3.05) is 35.2 Å². The second kappa shape index (κ2) is 7.28. The minimum Gasteiger partial charge on any atom is -0.382 e. The molecule has 2 aromatic rings. The van der Waals surface area contributed by atoms with Crippen molar-refractivity contribution in [3.8, 4) is 0 Å². The molecule has 0 bridgehead atoms. The van der Waals surface area contributed by atoms with Crippen molar-refractivity contribution in [2.24, 2.45) is 11.5 Å². The number of primary amides is 1. The van der Waals surface area contributed by atoms with E-state index in [0.29, 0.717) is 44.0 Å². The van der Waals surface area contributed by atoms with Gasteiger partial charge in [0.1, 0.15) is 11.5 Å². The van der Waals surface area contributed by atoms with E-state index in [2.05, 4.69) is 15.0 Å². The maximum absolute atomic E-state index is 11.5. The van der Waals surface area contributed by atoms with E-state index >= 15 is 0 Å². The number of fused-ring (bicyclic) bond motifs is 1. The lowest BCUT2D eigenvalue weighted by Crippen LogP contribution is -2.58. The fraction of sp³-hybridized carbons (Fsp3) is 0.421. The van der Waals surface area contributed by atoms with Gasteiger partial charge < -0.3 is 27.0 Å². The number of rotatable bonds is 3. The maximum atomic E-state index is 11.5. The molecule has 0 saturated carbocycles. The molecule has 29 heavy (non-hydrogen) atoms. The van der Waals surface area contributed by atoms with Crippen LogP contribution < -0.4 is 27.0 Å². The Morgan fingerprint density at radius 1 is 1.21 bits per heavy atom. The third kappa shape index (κ3) is 3.46. The summed E-state index contributed by atoms with van der Waals surface area (Å²) in [6, 6.07) is 3.82. The molecule has 152 valence electrons. The highest BCUT2D eigenvalue weighted by molar-refractivity contribution is 6.09. The molecule has 0 aliphatic carbocycles. The van der Waals surface area contributed by atoms with Crippen LogP contribution in [0.3, 0.4) is 0 Å². The van der Waals surface area contributed by atoms with Gasteiger partial charge in [0.2, 0.25) is 5.91 Å². The molecule has 0 atom stereocenters. The average molecular weight is 395 g/mol. The summed E-state index contributed by atoms with van der Waals surface area (Å²) in [5.41, 5.74) is 18.9. The Balaban J connectivity index is 1.53. The van der Waals surface area contributed by atoms with E-state index in [-0.39, 0.29) is 11.7 Å². The number of piperidine rings is 1. The summed E-state index contributed by atoms with van der Waals surface area (Å²) in [5, 5.41) is 8.64. The van der Waals surface area contributed by atoms with Crippen molar-refractivity contribution in [3.05, 3.63) is 35.9 Å². The van der Waals surface area contributed by atoms with Crippen molar-refractivity contribution >= 4 is 29.1 Å². The number of nitrogens with one attached hydrogen (secondary N) is 1. The first kappa shape index (κ1) is 19.1. The molecule has 10 heteroatoms. The molecule has 0 aromatic carbocycles. The highest BCUT2D eigenvalue weighted by Gasteiger charge is 2.36. The highest BCUT2D eigenvalue weighted by atomic mass is 16.1. The van der Waals surface area contributed by atoms with Crippen LogP contribution in [0.25, 0.3) is 0 Å². The maximum Gasteiger partial charge on any atom is 0.237 e. The summed E-state index contributed by atoms with van der Waals surface area (Å²) in [5.74, 6) is 0.529. The predicted molar refractivity (Wildman–Crippen MR) is 111 cm³/mol. The van der Waals surface area contributed by atoms with E-state index < -0.39 is 11.4 Å². The van der Waals surface area contributed by atoms with E-state index in [1.54, 1.807) is 12.4 Å². The zero-order chi connectivity index (χ0) is 20.6. The topological polar surface area (TPSA) is 164 Å². The predicted octanol–water partition coefficient (Wildman–Crippen LogP) is 0.0150. The quantitative estimate of drug-likeness (QED) is 0.417. The fourth-order valence-corrected chi connectivity index (χ4v) is 3.86. The Hall–Kier alpha value is -3.27. The summed E-state index contributed by atoms with van der Waals surface area (Å²) in [4.78, 5) is 28.7. The minimum absolute atomic E-state index is 0.197. The highest BCUT2D eigenvalue weighted by Crippen LogP contribution is 2.28. The van der Waals surface area contributed by atoms with Crippen LogP contribution in [0.5, 0.6) is 0 Å².